The average Bonchev–Trinajstić information content (AvgIpc) is 3.32. The van der Waals surface area contributed by atoms with Gasteiger partial charge >= 0.3 is 0 Å². The van der Waals surface area contributed by atoms with E-state index in [9.17, 15) is 9.59 Å². The lowest BCUT2D eigenvalue weighted by atomic mass is 10.1. The van der Waals surface area contributed by atoms with Crippen LogP contribution in [0.15, 0.2) is 85.1 Å². The smallest absolute Gasteiger partial charge is 0.255 e. The summed E-state index contributed by atoms with van der Waals surface area (Å²) < 4.78 is 1.91. The van der Waals surface area contributed by atoms with Crippen LogP contribution in [0, 0.1) is 13.8 Å². The molecule has 2 heterocycles. The Hall–Kier alpha value is -4.95. The normalized spacial score (nSPS) is 10.9. The van der Waals surface area contributed by atoms with Crippen LogP contribution < -0.4 is 21.7 Å². The third kappa shape index (κ3) is 5.57. The van der Waals surface area contributed by atoms with Gasteiger partial charge in [0.25, 0.3) is 5.91 Å². The third-order valence-electron chi connectivity index (χ3n) is 6.78. The quantitative estimate of drug-likeness (QED) is 0.204. The van der Waals surface area contributed by atoms with Crippen LogP contribution in [-0.4, -0.2) is 21.2 Å². The Morgan fingerprint density at radius 1 is 0.900 bits per heavy atom. The van der Waals surface area contributed by atoms with Crippen LogP contribution in [0.25, 0.3) is 16.9 Å². The van der Waals surface area contributed by atoms with Crippen LogP contribution >= 0.6 is 0 Å². The van der Waals surface area contributed by atoms with Crippen molar-refractivity contribution in [3.8, 4) is 11.3 Å². The summed E-state index contributed by atoms with van der Waals surface area (Å²) in [4.78, 5) is 29.9. The minimum absolute atomic E-state index is 0.136. The monoisotopic (exact) mass is 532 g/mol. The maximum absolute atomic E-state index is 13.4. The molecule has 0 aliphatic carbocycles. The van der Waals surface area contributed by atoms with Crippen LogP contribution in [-0.2, 0) is 17.9 Å². The fourth-order valence-electron chi connectivity index (χ4n) is 4.75. The van der Waals surface area contributed by atoms with Gasteiger partial charge in [0, 0.05) is 43.1 Å². The fraction of sp³-hybridized carbons (Fsp3) is 0.156. The summed E-state index contributed by atoms with van der Waals surface area (Å²) in [5, 5.41) is 9.43. The molecule has 0 saturated carbocycles. The van der Waals surface area contributed by atoms with Crippen molar-refractivity contribution in [1.29, 1.82) is 0 Å². The zero-order valence-electron chi connectivity index (χ0n) is 22.8. The first kappa shape index (κ1) is 26.6. The first-order valence-electron chi connectivity index (χ1n) is 13.1. The van der Waals surface area contributed by atoms with E-state index in [1.807, 2.05) is 71.3 Å². The van der Waals surface area contributed by atoms with Gasteiger partial charge in [-0.2, -0.15) is 0 Å². The molecule has 0 spiro atoms. The van der Waals surface area contributed by atoms with Gasteiger partial charge in [0.05, 0.1) is 5.56 Å². The van der Waals surface area contributed by atoms with Crippen LogP contribution in [0.1, 0.15) is 39.5 Å². The molecule has 0 aliphatic heterocycles. The Labute approximate surface area is 233 Å². The largest absolute Gasteiger partial charge is 0.348 e. The SMILES string of the molecule is CC(=O)Nc1ccc(-c2nc3c(C(=O)NCc4cccc(CN)c4)cccn3c2Nc2c(C)cccc2C)cc1. The van der Waals surface area contributed by atoms with Crippen LogP contribution in [0.3, 0.4) is 0 Å². The Morgan fingerprint density at radius 2 is 1.60 bits per heavy atom. The van der Waals surface area contributed by atoms with Gasteiger partial charge in [-0.3, -0.25) is 14.0 Å². The highest BCUT2D eigenvalue weighted by Crippen LogP contribution is 2.34. The Morgan fingerprint density at radius 3 is 2.30 bits per heavy atom. The lowest BCUT2D eigenvalue weighted by Gasteiger charge is -2.14. The number of nitrogens with zero attached hydrogens (tertiary/aromatic N) is 2. The molecule has 0 fully saturated rings. The predicted molar refractivity (Wildman–Crippen MR) is 160 cm³/mol. The van der Waals surface area contributed by atoms with Crippen LogP contribution in [0.2, 0.25) is 0 Å². The summed E-state index contributed by atoms with van der Waals surface area (Å²) in [7, 11) is 0. The molecule has 8 heteroatoms. The number of hydrogen-bond donors (Lipinski definition) is 4. The molecule has 3 aromatic carbocycles. The molecule has 2 aromatic heterocycles. The first-order chi connectivity index (χ1) is 19.3. The van der Waals surface area contributed by atoms with Gasteiger partial charge in [-0.25, -0.2) is 4.98 Å². The molecular formula is C32H32N6O2. The summed E-state index contributed by atoms with van der Waals surface area (Å²) in [6, 6.07) is 25.1. The summed E-state index contributed by atoms with van der Waals surface area (Å²) in [6.45, 7) is 6.40. The minimum atomic E-state index is -0.222. The molecule has 0 aliphatic rings. The van der Waals surface area contributed by atoms with E-state index >= 15 is 0 Å². The van der Waals surface area contributed by atoms with E-state index < -0.39 is 0 Å². The Bertz CT molecular complexity index is 1680. The second-order valence-electron chi connectivity index (χ2n) is 9.78. The van der Waals surface area contributed by atoms with Crippen molar-refractivity contribution >= 4 is 34.7 Å². The minimum Gasteiger partial charge on any atom is -0.348 e. The van der Waals surface area contributed by atoms with Gasteiger partial charge in [-0.05, 0) is 60.4 Å². The van der Waals surface area contributed by atoms with Gasteiger partial charge in [-0.15, -0.1) is 0 Å². The Balaban J connectivity index is 1.56. The number of rotatable bonds is 8. The topological polar surface area (TPSA) is 114 Å². The number of fused-ring (bicyclic) bond motifs is 1. The number of nitrogens with one attached hydrogen (secondary N) is 3. The molecule has 2 amide bonds. The molecular weight excluding hydrogens is 500 g/mol. The molecule has 40 heavy (non-hydrogen) atoms. The predicted octanol–water partition coefficient (Wildman–Crippen LogP) is 5.71. The van der Waals surface area contributed by atoms with E-state index in [1.165, 1.54) is 6.92 Å². The zero-order valence-corrected chi connectivity index (χ0v) is 22.8. The maximum atomic E-state index is 13.4. The number of benzene rings is 3. The molecule has 0 unspecified atom stereocenters. The number of hydrogen-bond acceptors (Lipinski definition) is 5. The van der Waals surface area contributed by atoms with Crippen molar-refractivity contribution in [3.63, 3.8) is 0 Å². The number of amides is 2. The average molecular weight is 533 g/mol. The number of carbonyl (C=O) groups is 2. The van der Waals surface area contributed by atoms with Gasteiger partial charge in [0.1, 0.15) is 11.5 Å². The molecule has 0 bridgehead atoms. The highest BCUT2D eigenvalue weighted by molar-refractivity contribution is 6.01. The molecule has 8 nitrogen and oxygen atoms in total. The number of aromatic nitrogens is 2. The van der Waals surface area contributed by atoms with Crippen LogP contribution in [0.5, 0.6) is 0 Å². The number of pyridine rings is 1. The molecule has 202 valence electrons. The third-order valence-corrected chi connectivity index (χ3v) is 6.78. The van der Waals surface area contributed by atoms with Gasteiger partial charge < -0.3 is 21.7 Å². The summed E-state index contributed by atoms with van der Waals surface area (Å²) in [5.74, 6) is 0.383. The summed E-state index contributed by atoms with van der Waals surface area (Å²) in [5.41, 5.74) is 14.2. The van der Waals surface area contributed by atoms with E-state index in [1.54, 1.807) is 6.07 Å². The highest BCUT2D eigenvalue weighted by atomic mass is 16.2. The van der Waals surface area contributed by atoms with Gasteiger partial charge in [0.15, 0.2) is 5.65 Å². The summed E-state index contributed by atoms with van der Waals surface area (Å²) in [6.07, 6.45) is 1.90. The molecule has 0 saturated heterocycles. The molecule has 0 atom stereocenters. The van der Waals surface area contributed by atoms with E-state index in [0.29, 0.717) is 35.7 Å². The first-order valence-corrected chi connectivity index (χ1v) is 13.1. The molecule has 0 radical (unpaired) electrons. The van der Waals surface area contributed by atoms with Crippen molar-refractivity contribution in [2.24, 2.45) is 5.73 Å². The summed E-state index contributed by atoms with van der Waals surface area (Å²) >= 11 is 0. The zero-order chi connectivity index (χ0) is 28.2. The second kappa shape index (κ2) is 11.4. The fourth-order valence-corrected chi connectivity index (χ4v) is 4.75. The van der Waals surface area contributed by atoms with Crippen molar-refractivity contribution in [1.82, 2.24) is 14.7 Å². The van der Waals surface area contributed by atoms with Crippen molar-refractivity contribution in [2.75, 3.05) is 10.6 Å². The van der Waals surface area contributed by atoms with Crippen molar-refractivity contribution in [2.45, 2.75) is 33.9 Å². The van der Waals surface area contributed by atoms with E-state index in [2.05, 4.69) is 41.9 Å². The number of imidazole rings is 1. The molecule has 5 N–H and O–H groups in total. The molecule has 5 rings (SSSR count). The van der Waals surface area contributed by atoms with Crippen molar-refractivity contribution in [3.05, 3.63) is 113 Å². The number of aryl methyl sites for hydroxylation is 2. The van der Waals surface area contributed by atoms with Gasteiger partial charge in [0.2, 0.25) is 5.91 Å². The Kier molecular flexibility index (Phi) is 7.61. The lowest BCUT2D eigenvalue weighted by Crippen LogP contribution is -2.23. The number of carbonyl (C=O) groups excluding carboxylic acids is 2. The van der Waals surface area contributed by atoms with Crippen molar-refractivity contribution < 1.29 is 9.59 Å². The number of para-hydroxylation sites is 1. The lowest BCUT2D eigenvalue weighted by molar-refractivity contribution is -0.114. The standard InChI is InChI=1S/C32H32N6O2/c1-20-7-4-8-21(2)28(20)36-31-29(25-12-14-26(15-13-25)35-22(3)39)37-30-27(11-6-16-38(30)31)32(40)34-19-24-10-5-9-23(17-24)18-33/h4-17,36H,18-19,33H2,1-3H3,(H,34,40)(H,35,39). The van der Waals surface area contributed by atoms with Crippen LogP contribution in [0.4, 0.5) is 17.2 Å². The highest BCUT2D eigenvalue weighted by Gasteiger charge is 2.20. The van der Waals surface area contributed by atoms with E-state index in [4.69, 9.17) is 10.7 Å². The van der Waals surface area contributed by atoms with E-state index in [-0.39, 0.29) is 11.8 Å². The maximum Gasteiger partial charge on any atom is 0.255 e. The van der Waals surface area contributed by atoms with Gasteiger partial charge in [-0.1, -0.05) is 54.6 Å². The molecule has 5 aromatic rings. The second-order valence-corrected chi connectivity index (χ2v) is 9.78. The number of anilines is 3. The number of nitrogens with two attached hydrogens (primary N) is 1. The van der Waals surface area contributed by atoms with E-state index in [0.717, 1.165) is 39.3 Å².